The van der Waals surface area contributed by atoms with Gasteiger partial charge in [-0.25, -0.2) is 45.1 Å². The molecule has 0 radical (unpaired) electrons. The smallest absolute Gasteiger partial charge is 0.429 e. The average molecular weight is 665 g/mol. The van der Waals surface area contributed by atoms with Gasteiger partial charge in [-0.15, -0.1) is 0 Å². The predicted octanol–water partition coefficient (Wildman–Crippen LogP) is 10.5. The summed E-state index contributed by atoms with van der Waals surface area (Å²) in [5, 5.41) is 0. The molecule has 0 bridgehead atoms. The fraction of sp³-hybridized carbons (Fsp3) is 0.176. The van der Waals surface area contributed by atoms with E-state index in [9.17, 15) is 39.5 Å². The van der Waals surface area contributed by atoms with E-state index in [2.05, 4.69) is 21.6 Å². The summed E-state index contributed by atoms with van der Waals surface area (Å²) >= 11 is 0. The monoisotopic (exact) mass is 664 g/mol. The maximum Gasteiger partial charge on any atom is 0.432 e. The molecule has 0 saturated carbocycles. The average Bonchev–Trinajstić information content (AvgIpc) is 2.99. The number of ether oxygens (including phenoxy) is 1. The Bertz CT molecular complexity index is 1880. The first-order chi connectivity index (χ1) is 22.3. The van der Waals surface area contributed by atoms with Crippen molar-refractivity contribution >= 4 is 0 Å². The minimum atomic E-state index is -4.86. The van der Waals surface area contributed by atoms with Crippen LogP contribution in [0.25, 0.3) is 33.6 Å². The molecule has 0 fully saturated rings. The summed E-state index contributed by atoms with van der Waals surface area (Å²) in [6.45, 7) is 2.07. The van der Waals surface area contributed by atoms with Gasteiger partial charge in [-0.3, -0.25) is 0 Å². The van der Waals surface area contributed by atoms with Crippen LogP contribution in [0.2, 0.25) is 0 Å². The van der Waals surface area contributed by atoms with Crippen molar-refractivity contribution < 1.29 is 48.6 Å². The molecule has 0 aliphatic carbocycles. The Morgan fingerprint density at radius 1 is 0.617 bits per heavy atom. The van der Waals surface area contributed by atoms with E-state index in [1.54, 1.807) is 12.4 Å². The second kappa shape index (κ2) is 13.4. The van der Waals surface area contributed by atoms with Crippen LogP contribution in [0.3, 0.4) is 0 Å². The molecule has 0 atom stereocenters. The number of benzene rings is 4. The van der Waals surface area contributed by atoms with Crippen LogP contribution in [0.4, 0.5) is 43.9 Å². The van der Waals surface area contributed by atoms with Crippen LogP contribution in [0.5, 0.6) is 5.75 Å². The molecule has 0 unspecified atom stereocenters. The SMILES string of the molecule is CCCCCc1cnc(-c2ccc(-c3cc(F)c(C(F)(F)Oc4cc(F)c(-c5cc(F)c(F)c(F)c5)c(F)c4)c(F)c3)c(F)c2)nc1. The Hall–Kier alpha value is -4.94. The van der Waals surface area contributed by atoms with Gasteiger partial charge in [0.25, 0.3) is 0 Å². The standard InChI is InChI=1S/C34H22F10N2O/c1-2-3-4-5-17-15-45-33(46-16-17)18-6-7-22(23(35)8-18)19-9-26(38)31(27(39)10-19)34(43,44)47-21-13-24(36)30(25(37)14-21)20-11-28(40)32(42)29(41)12-20/h6-16H,2-5H2,1H3. The lowest BCUT2D eigenvalue weighted by molar-refractivity contribution is -0.189. The molecule has 0 saturated heterocycles. The number of aryl methyl sites for hydroxylation is 1. The second-order valence-corrected chi connectivity index (χ2v) is 10.5. The summed E-state index contributed by atoms with van der Waals surface area (Å²) in [6.07, 6.45) is 2.20. The van der Waals surface area contributed by atoms with Crippen LogP contribution in [0.15, 0.2) is 67.0 Å². The van der Waals surface area contributed by atoms with Gasteiger partial charge >= 0.3 is 6.11 Å². The molecule has 0 amide bonds. The van der Waals surface area contributed by atoms with E-state index in [4.69, 9.17) is 0 Å². The lowest BCUT2D eigenvalue weighted by Crippen LogP contribution is -2.25. The Kier molecular flexibility index (Phi) is 9.55. The highest BCUT2D eigenvalue weighted by molar-refractivity contribution is 5.69. The molecule has 5 rings (SSSR count). The number of hydrogen-bond donors (Lipinski definition) is 0. The molecule has 0 spiro atoms. The zero-order valence-electron chi connectivity index (χ0n) is 24.3. The molecule has 4 aromatic carbocycles. The van der Waals surface area contributed by atoms with Gasteiger partial charge < -0.3 is 4.74 Å². The molecule has 5 aromatic rings. The predicted molar refractivity (Wildman–Crippen MR) is 152 cm³/mol. The molecular formula is C34H22F10N2O. The Morgan fingerprint density at radius 2 is 1.17 bits per heavy atom. The number of halogens is 10. The van der Waals surface area contributed by atoms with Crippen LogP contribution in [-0.2, 0) is 12.5 Å². The van der Waals surface area contributed by atoms with Crippen molar-refractivity contribution in [3.63, 3.8) is 0 Å². The van der Waals surface area contributed by atoms with Crippen molar-refractivity contribution in [3.8, 4) is 39.4 Å². The molecule has 13 heteroatoms. The lowest BCUT2D eigenvalue weighted by atomic mass is 10.00. The van der Waals surface area contributed by atoms with Crippen molar-refractivity contribution in [2.24, 2.45) is 0 Å². The molecule has 3 nitrogen and oxygen atoms in total. The molecule has 1 aromatic heterocycles. The van der Waals surface area contributed by atoms with Gasteiger partial charge in [0.05, 0.1) is 5.56 Å². The molecule has 0 aliphatic rings. The highest BCUT2D eigenvalue weighted by Crippen LogP contribution is 2.39. The van der Waals surface area contributed by atoms with Gasteiger partial charge in [-0.2, -0.15) is 8.78 Å². The maximum atomic E-state index is 15.1. The first kappa shape index (κ1) is 33.4. The van der Waals surface area contributed by atoms with Crippen LogP contribution in [0, 0.1) is 46.5 Å². The summed E-state index contributed by atoms with van der Waals surface area (Å²) in [6, 6.07) is 5.33. The van der Waals surface area contributed by atoms with E-state index >= 15 is 4.39 Å². The van der Waals surface area contributed by atoms with E-state index in [0.717, 1.165) is 43.4 Å². The minimum absolute atomic E-state index is 0.177. The Balaban J connectivity index is 1.38. The third kappa shape index (κ3) is 7.08. The van der Waals surface area contributed by atoms with E-state index in [1.165, 1.54) is 6.07 Å². The third-order valence-corrected chi connectivity index (χ3v) is 7.18. The first-order valence-electron chi connectivity index (χ1n) is 14.1. The number of nitrogens with zero attached hydrogens (tertiary/aromatic N) is 2. The van der Waals surface area contributed by atoms with Crippen molar-refractivity contribution in [1.82, 2.24) is 9.97 Å². The number of aromatic nitrogens is 2. The van der Waals surface area contributed by atoms with Crippen molar-refractivity contribution in [3.05, 3.63) is 125 Å². The summed E-state index contributed by atoms with van der Waals surface area (Å²) in [4.78, 5) is 8.46. The molecule has 0 N–H and O–H groups in total. The molecule has 244 valence electrons. The summed E-state index contributed by atoms with van der Waals surface area (Å²) < 4.78 is 149. The van der Waals surface area contributed by atoms with E-state index in [1.807, 2.05) is 0 Å². The van der Waals surface area contributed by atoms with Crippen LogP contribution >= 0.6 is 0 Å². The normalized spacial score (nSPS) is 11.6. The number of hydrogen-bond acceptors (Lipinski definition) is 3. The lowest BCUT2D eigenvalue weighted by Gasteiger charge is -2.20. The van der Waals surface area contributed by atoms with Crippen LogP contribution in [-0.4, -0.2) is 9.97 Å². The molecular weight excluding hydrogens is 642 g/mol. The van der Waals surface area contributed by atoms with Gasteiger partial charge in [-0.1, -0.05) is 31.9 Å². The minimum Gasteiger partial charge on any atom is -0.429 e. The summed E-state index contributed by atoms with van der Waals surface area (Å²) in [5.41, 5.74) is -3.49. The van der Waals surface area contributed by atoms with Crippen molar-refractivity contribution in [2.75, 3.05) is 0 Å². The summed E-state index contributed by atoms with van der Waals surface area (Å²) in [7, 11) is 0. The van der Waals surface area contributed by atoms with Crippen LogP contribution < -0.4 is 4.74 Å². The van der Waals surface area contributed by atoms with Gasteiger partial charge in [0.2, 0.25) is 0 Å². The van der Waals surface area contributed by atoms with E-state index < -0.39 is 80.6 Å². The topological polar surface area (TPSA) is 35.0 Å². The second-order valence-electron chi connectivity index (χ2n) is 10.5. The van der Waals surface area contributed by atoms with E-state index in [0.29, 0.717) is 12.1 Å². The Morgan fingerprint density at radius 3 is 1.72 bits per heavy atom. The van der Waals surface area contributed by atoms with E-state index in [-0.39, 0.29) is 41.2 Å². The number of rotatable bonds is 10. The van der Waals surface area contributed by atoms with Gasteiger partial charge in [0.15, 0.2) is 23.3 Å². The maximum absolute atomic E-state index is 15.1. The highest BCUT2D eigenvalue weighted by atomic mass is 19.3. The highest BCUT2D eigenvalue weighted by Gasteiger charge is 2.41. The van der Waals surface area contributed by atoms with Gasteiger partial charge in [0.1, 0.15) is 40.4 Å². The van der Waals surface area contributed by atoms with Crippen LogP contribution in [0.1, 0.15) is 37.3 Å². The third-order valence-electron chi connectivity index (χ3n) is 7.18. The molecule has 0 aliphatic heterocycles. The fourth-order valence-corrected chi connectivity index (χ4v) is 4.89. The van der Waals surface area contributed by atoms with Gasteiger partial charge in [-0.05, 0) is 59.9 Å². The van der Waals surface area contributed by atoms with Crippen molar-refractivity contribution in [1.29, 1.82) is 0 Å². The zero-order chi connectivity index (χ0) is 34.0. The number of unbranched alkanes of at least 4 members (excludes halogenated alkanes) is 2. The number of alkyl halides is 2. The molecule has 1 heterocycles. The Labute approximate surface area is 261 Å². The fourth-order valence-electron chi connectivity index (χ4n) is 4.89. The quantitative estimate of drug-likeness (QED) is 0.0847. The summed E-state index contributed by atoms with van der Waals surface area (Å²) in [5.74, 6) is -14.5. The van der Waals surface area contributed by atoms with Gasteiger partial charge in [0, 0.05) is 35.7 Å². The largest absolute Gasteiger partial charge is 0.432 e. The zero-order valence-corrected chi connectivity index (χ0v) is 24.3. The molecule has 47 heavy (non-hydrogen) atoms. The van der Waals surface area contributed by atoms with Crippen molar-refractivity contribution in [2.45, 2.75) is 38.7 Å². The first-order valence-corrected chi connectivity index (χ1v) is 14.1.